The van der Waals surface area contributed by atoms with Gasteiger partial charge in [-0.2, -0.15) is 5.10 Å². The summed E-state index contributed by atoms with van der Waals surface area (Å²) in [6.45, 7) is 5.09. The Hall–Kier alpha value is -1.53. The van der Waals surface area contributed by atoms with Crippen molar-refractivity contribution in [2.75, 3.05) is 26.2 Å². The van der Waals surface area contributed by atoms with Gasteiger partial charge >= 0.3 is 0 Å². The van der Waals surface area contributed by atoms with Crippen molar-refractivity contribution in [1.29, 1.82) is 0 Å². The van der Waals surface area contributed by atoms with Gasteiger partial charge in [-0.15, -0.1) is 5.10 Å². The van der Waals surface area contributed by atoms with Gasteiger partial charge in [0.1, 0.15) is 0 Å². The maximum Gasteiger partial charge on any atom is 0.272 e. The first-order chi connectivity index (χ1) is 10.2. The third-order valence-corrected chi connectivity index (χ3v) is 3.93. The summed E-state index contributed by atoms with van der Waals surface area (Å²) >= 11 is 0. The zero-order chi connectivity index (χ0) is 15.1. The van der Waals surface area contributed by atoms with Gasteiger partial charge in [0, 0.05) is 38.5 Å². The second-order valence-electron chi connectivity index (χ2n) is 5.57. The van der Waals surface area contributed by atoms with Crippen molar-refractivity contribution in [2.24, 2.45) is 5.92 Å². The smallest absolute Gasteiger partial charge is 0.272 e. The summed E-state index contributed by atoms with van der Waals surface area (Å²) in [5, 5.41) is 19.6. The SMILES string of the molecule is CCC[C@@H]1CN(CCCO)C[C@H]1NC(=O)c1cccnn1. The van der Waals surface area contributed by atoms with Gasteiger partial charge in [0.15, 0.2) is 5.69 Å². The van der Waals surface area contributed by atoms with E-state index in [2.05, 4.69) is 27.3 Å². The lowest BCUT2D eigenvalue weighted by atomic mass is 9.98. The van der Waals surface area contributed by atoms with Crippen molar-refractivity contribution in [2.45, 2.75) is 32.2 Å². The molecule has 1 aromatic rings. The molecule has 0 unspecified atom stereocenters. The lowest BCUT2D eigenvalue weighted by Gasteiger charge is -2.18. The van der Waals surface area contributed by atoms with Gasteiger partial charge in [0.25, 0.3) is 5.91 Å². The minimum Gasteiger partial charge on any atom is -0.396 e. The summed E-state index contributed by atoms with van der Waals surface area (Å²) in [6, 6.07) is 3.54. The molecule has 0 saturated carbocycles. The summed E-state index contributed by atoms with van der Waals surface area (Å²) in [4.78, 5) is 14.5. The third-order valence-electron chi connectivity index (χ3n) is 3.93. The molecule has 1 amide bonds. The van der Waals surface area contributed by atoms with E-state index in [0.29, 0.717) is 11.6 Å². The summed E-state index contributed by atoms with van der Waals surface area (Å²) < 4.78 is 0. The Morgan fingerprint density at radius 1 is 1.52 bits per heavy atom. The molecule has 6 nitrogen and oxygen atoms in total. The molecule has 1 saturated heterocycles. The average Bonchev–Trinajstić information content (AvgIpc) is 2.88. The first-order valence-corrected chi connectivity index (χ1v) is 7.66. The minimum absolute atomic E-state index is 0.151. The summed E-state index contributed by atoms with van der Waals surface area (Å²) in [5.41, 5.74) is 0.363. The molecule has 2 N–H and O–H groups in total. The molecule has 0 aromatic carbocycles. The van der Waals surface area contributed by atoms with E-state index in [9.17, 15) is 4.79 Å². The van der Waals surface area contributed by atoms with Crippen LogP contribution < -0.4 is 5.32 Å². The van der Waals surface area contributed by atoms with Gasteiger partial charge < -0.3 is 15.3 Å². The van der Waals surface area contributed by atoms with E-state index in [0.717, 1.165) is 38.9 Å². The number of carbonyl (C=O) groups is 1. The Balaban J connectivity index is 1.94. The van der Waals surface area contributed by atoms with Crippen LogP contribution in [0.4, 0.5) is 0 Å². The molecule has 21 heavy (non-hydrogen) atoms. The van der Waals surface area contributed by atoms with Crippen LogP contribution in [0.2, 0.25) is 0 Å². The Morgan fingerprint density at radius 2 is 2.38 bits per heavy atom. The highest BCUT2D eigenvalue weighted by Gasteiger charge is 2.33. The van der Waals surface area contributed by atoms with Crippen LogP contribution in [-0.4, -0.2) is 58.4 Å². The van der Waals surface area contributed by atoms with E-state index in [1.807, 2.05) is 0 Å². The van der Waals surface area contributed by atoms with E-state index >= 15 is 0 Å². The number of nitrogens with one attached hydrogen (secondary N) is 1. The van der Waals surface area contributed by atoms with Crippen molar-refractivity contribution >= 4 is 5.91 Å². The zero-order valence-electron chi connectivity index (χ0n) is 12.5. The minimum atomic E-state index is -0.154. The van der Waals surface area contributed by atoms with Crippen LogP contribution in [-0.2, 0) is 0 Å². The largest absolute Gasteiger partial charge is 0.396 e. The van der Waals surface area contributed by atoms with E-state index in [1.165, 1.54) is 0 Å². The van der Waals surface area contributed by atoms with E-state index in [4.69, 9.17) is 5.11 Å². The monoisotopic (exact) mass is 292 g/mol. The van der Waals surface area contributed by atoms with Crippen LogP contribution in [0.3, 0.4) is 0 Å². The molecule has 2 heterocycles. The molecular weight excluding hydrogens is 268 g/mol. The van der Waals surface area contributed by atoms with Gasteiger partial charge in [-0.1, -0.05) is 13.3 Å². The van der Waals surface area contributed by atoms with Crippen LogP contribution in [0.15, 0.2) is 18.3 Å². The molecule has 0 radical (unpaired) electrons. The molecule has 2 rings (SSSR count). The quantitative estimate of drug-likeness (QED) is 0.773. The van der Waals surface area contributed by atoms with Gasteiger partial charge in [-0.3, -0.25) is 4.79 Å². The van der Waals surface area contributed by atoms with Crippen molar-refractivity contribution in [1.82, 2.24) is 20.4 Å². The normalized spacial score (nSPS) is 22.4. The van der Waals surface area contributed by atoms with Gasteiger partial charge in [-0.25, -0.2) is 0 Å². The maximum absolute atomic E-state index is 12.2. The van der Waals surface area contributed by atoms with Crippen molar-refractivity contribution in [3.8, 4) is 0 Å². The molecule has 0 bridgehead atoms. The number of hydrogen-bond donors (Lipinski definition) is 2. The highest BCUT2D eigenvalue weighted by molar-refractivity contribution is 5.92. The van der Waals surface area contributed by atoms with Crippen LogP contribution in [0.25, 0.3) is 0 Å². The Morgan fingerprint density at radius 3 is 3.05 bits per heavy atom. The molecule has 0 aliphatic carbocycles. The molecular formula is C15H24N4O2. The average molecular weight is 292 g/mol. The number of aliphatic hydroxyl groups is 1. The predicted octanol–water partition coefficient (Wildman–Crippen LogP) is 0.689. The van der Waals surface area contributed by atoms with Gasteiger partial charge in [0.2, 0.25) is 0 Å². The molecule has 116 valence electrons. The molecule has 2 atom stereocenters. The molecule has 1 aliphatic heterocycles. The highest BCUT2D eigenvalue weighted by atomic mass is 16.3. The molecule has 1 aliphatic rings. The number of rotatable bonds is 7. The number of amides is 1. The number of aromatic nitrogens is 2. The fourth-order valence-electron chi connectivity index (χ4n) is 2.93. The van der Waals surface area contributed by atoms with Crippen LogP contribution >= 0.6 is 0 Å². The summed E-state index contributed by atoms with van der Waals surface area (Å²) in [7, 11) is 0. The van der Waals surface area contributed by atoms with Gasteiger partial charge in [-0.05, 0) is 30.9 Å². The fraction of sp³-hybridized carbons (Fsp3) is 0.667. The number of hydrogen-bond acceptors (Lipinski definition) is 5. The Bertz CT molecular complexity index is 441. The topological polar surface area (TPSA) is 78.4 Å². The first-order valence-electron chi connectivity index (χ1n) is 7.66. The van der Waals surface area contributed by atoms with Crippen molar-refractivity contribution < 1.29 is 9.90 Å². The maximum atomic E-state index is 12.2. The molecule has 1 fully saturated rings. The molecule has 6 heteroatoms. The number of nitrogens with zero attached hydrogens (tertiary/aromatic N) is 3. The third kappa shape index (κ3) is 4.47. The fourth-order valence-corrected chi connectivity index (χ4v) is 2.93. The van der Waals surface area contributed by atoms with E-state index < -0.39 is 0 Å². The van der Waals surface area contributed by atoms with Gasteiger partial charge in [0.05, 0.1) is 0 Å². The van der Waals surface area contributed by atoms with Crippen molar-refractivity contribution in [3.63, 3.8) is 0 Å². The number of aliphatic hydroxyl groups excluding tert-OH is 1. The Kier molecular flexibility index (Phi) is 6.07. The standard InChI is InChI=1S/C15H24N4O2/c1-2-5-12-10-19(8-4-9-20)11-14(12)17-15(21)13-6-3-7-16-18-13/h3,6-7,12,14,20H,2,4-5,8-11H2,1H3,(H,17,21)/t12-,14-/m1/s1. The lowest BCUT2D eigenvalue weighted by Crippen LogP contribution is -2.41. The van der Waals surface area contributed by atoms with E-state index in [1.54, 1.807) is 18.3 Å². The Labute approximate surface area is 125 Å². The van der Waals surface area contributed by atoms with Crippen LogP contribution in [0, 0.1) is 5.92 Å². The number of carbonyl (C=O) groups excluding carboxylic acids is 1. The number of likely N-dealkylation sites (tertiary alicyclic amines) is 1. The zero-order valence-corrected chi connectivity index (χ0v) is 12.5. The highest BCUT2D eigenvalue weighted by Crippen LogP contribution is 2.22. The second kappa shape index (κ2) is 8.05. The lowest BCUT2D eigenvalue weighted by molar-refractivity contribution is 0.0922. The molecule has 0 spiro atoms. The van der Waals surface area contributed by atoms with E-state index in [-0.39, 0.29) is 18.6 Å². The molecule has 1 aromatic heterocycles. The second-order valence-corrected chi connectivity index (χ2v) is 5.57. The first kappa shape index (κ1) is 15.9. The summed E-state index contributed by atoms with van der Waals surface area (Å²) in [6.07, 6.45) is 4.55. The predicted molar refractivity (Wildman–Crippen MR) is 79.8 cm³/mol. The summed E-state index contributed by atoms with van der Waals surface area (Å²) in [5.74, 6) is 0.313. The van der Waals surface area contributed by atoms with Crippen molar-refractivity contribution in [3.05, 3.63) is 24.0 Å². The van der Waals surface area contributed by atoms with Crippen LogP contribution in [0.5, 0.6) is 0 Å². The van der Waals surface area contributed by atoms with Crippen LogP contribution in [0.1, 0.15) is 36.7 Å².